The average Bonchev–Trinajstić information content (AvgIpc) is 3.31. The van der Waals surface area contributed by atoms with Crippen LogP contribution in [0.4, 0.5) is 5.13 Å². The fourth-order valence-electron chi connectivity index (χ4n) is 3.38. The molecule has 3 heterocycles. The van der Waals surface area contributed by atoms with Crippen LogP contribution in [0.15, 0.2) is 24.4 Å². The molecule has 1 fully saturated rings. The minimum Gasteiger partial charge on any atom is -0.345 e. The van der Waals surface area contributed by atoms with E-state index in [9.17, 15) is 4.79 Å². The number of amides is 1. The molecule has 0 aliphatic carbocycles. The number of aryl methyl sites for hydroxylation is 3. The number of fused-ring (bicyclic) bond motifs is 1. The van der Waals surface area contributed by atoms with Gasteiger partial charge < -0.3 is 9.80 Å². The minimum absolute atomic E-state index is 0.0692. The van der Waals surface area contributed by atoms with Crippen LogP contribution in [0.1, 0.15) is 28.5 Å². The summed E-state index contributed by atoms with van der Waals surface area (Å²) in [7, 11) is 0. The zero-order chi connectivity index (χ0) is 18.3. The Morgan fingerprint density at radius 3 is 2.65 bits per heavy atom. The fraction of sp³-hybridized carbons (Fsp3) is 0.421. The number of carbonyl (C=O) groups excluding carboxylic acids is 1. The number of benzene rings is 1. The molecular weight excluding hydrogens is 346 g/mol. The molecule has 1 aromatic carbocycles. The first-order valence-electron chi connectivity index (χ1n) is 9.01. The summed E-state index contributed by atoms with van der Waals surface area (Å²) < 4.78 is 2.99. The number of anilines is 1. The van der Waals surface area contributed by atoms with Crippen LogP contribution in [0.3, 0.4) is 0 Å². The Morgan fingerprint density at radius 2 is 1.92 bits per heavy atom. The Kier molecular flexibility index (Phi) is 4.40. The number of thiazole rings is 1. The van der Waals surface area contributed by atoms with Crippen molar-refractivity contribution in [1.82, 2.24) is 19.7 Å². The van der Waals surface area contributed by atoms with Crippen molar-refractivity contribution in [2.24, 2.45) is 0 Å². The third-order valence-electron chi connectivity index (χ3n) is 5.15. The van der Waals surface area contributed by atoms with E-state index in [0.29, 0.717) is 25.3 Å². The van der Waals surface area contributed by atoms with Crippen LogP contribution in [0.5, 0.6) is 0 Å². The number of aromatic nitrogens is 3. The number of nitrogens with zero attached hydrogens (tertiary/aromatic N) is 5. The third-order valence-corrected chi connectivity index (χ3v) is 6.23. The van der Waals surface area contributed by atoms with Gasteiger partial charge in [0.25, 0.3) is 5.91 Å². The Hall–Kier alpha value is -2.41. The fourth-order valence-corrected chi connectivity index (χ4v) is 4.46. The monoisotopic (exact) mass is 369 g/mol. The highest BCUT2D eigenvalue weighted by Gasteiger charge is 2.25. The van der Waals surface area contributed by atoms with Gasteiger partial charge in [-0.15, -0.1) is 0 Å². The highest BCUT2D eigenvalue weighted by molar-refractivity contribution is 7.22. The molecule has 2 aromatic heterocycles. The maximum atomic E-state index is 12.7. The van der Waals surface area contributed by atoms with E-state index in [2.05, 4.69) is 36.0 Å². The molecule has 1 aliphatic heterocycles. The number of rotatable bonds is 3. The van der Waals surface area contributed by atoms with Crippen LogP contribution in [-0.2, 0) is 6.54 Å². The summed E-state index contributed by atoms with van der Waals surface area (Å²) in [6, 6.07) is 6.12. The quantitative estimate of drug-likeness (QED) is 0.712. The molecule has 0 saturated carbocycles. The summed E-state index contributed by atoms with van der Waals surface area (Å²) in [5.41, 5.74) is 4.31. The molecule has 1 amide bonds. The zero-order valence-corrected chi connectivity index (χ0v) is 16.2. The van der Waals surface area contributed by atoms with Crippen molar-refractivity contribution in [2.75, 3.05) is 31.1 Å². The molecule has 0 spiro atoms. The van der Waals surface area contributed by atoms with Gasteiger partial charge in [0.2, 0.25) is 0 Å². The van der Waals surface area contributed by atoms with Gasteiger partial charge in [0.15, 0.2) is 5.13 Å². The Morgan fingerprint density at radius 1 is 1.15 bits per heavy atom. The summed E-state index contributed by atoms with van der Waals surface area (Å²) >= 11 is 1.74. The summed E-state index contributed by atoms with van der Waals surface area (Å²) in [5.74, 6) is 0.0692. The summed E-state index contributed by atoms with van der Waals surface area (Å²) in [5, 5.41) is 5.26. The van der Waals surface area contributed by atoms with Gasteiger partial charge >= 0.3 is 0 Å². The summed E-state index contributed by atoms with van der Waals surface area (Å²) in [4.78, 5) is 21.8. The maximum Gasteiger partial charge on any atom is 0.272 e. The van der Waals surface area contributed by atoms with Crippen molar-refractivity contribution in [1.29, 1.82) is 0 Å². The molecule has 1 saturated heterocycles. The SMILES string of the molecule is CCn1nccc1C(=O)N1CCN(c2nc3c(C)c(C)ccc3s2)CC1. The van der Waals surface area contributed by atoms with Gasteiger partial charge in [-0.1, -0.05) is 17.4 Å². The van der Waals surface area contributed by atoms with Crippen molar-refractivity contribution in [2.45, 2.75) is 27.3 Å². The molecule has 0 N–H and O–H groups in total. The molecule has 0 bridgehead atoms. The molecule has 6 nitrogen and oxygen atoms in total. The second kappa shape index (κ2) is 6.72. The highest BCUT2D eigenvalue weighted by atomic mass is 32.1. The van der Waals surface area contributed by atoms with Gasteiger partial charge in [-0.05, 0) is 44.0 Å². The molecule has 26 heavy (non-hydrogen) atoms. The van der Waals surface area contributed by atoms with Gasteiger partial charge in [0, 0.05) is 38.9 Å². The van der Waals surface area contributed by atoms with Crippen LogP contribution in [0.25, 0.3) is 10.2 Å². The number of piperazine rings is 1. The largest absolute Gasteiger partial charge is 0.345 e. The van der Waals surface area contributed by atoms with E-state index < -0.39 is 0 Å². The second-order valence-corrected chi connectivity index (χ2v) is 7.67. The predicted molar refractivity (Wildman–Crippen MR) is 105 cm³/mol. The maximum absolute atomic E-state index is 12.7. The molecular formula is C19H23N5OS. The van der Waals surface area contributed by atoms with E-state index in [-0.39, 0.29) is 5.91 Å². The van der Waals surface area contributed by atoms with E-state index in [4.69, 9.17) is 4.98 Å². The van der Waals surface area contributed by atoms with Gasteiger partial charge in [0.1, 0.15) is 5.69 Å². The van der Waals surface area contributed by atoms with Crippen LogP contribution in [-0.4, -0.2) is 51.8 Å². The predicted octanol–water partition coefficient (Wildman–Crippen LogP) is 3.09. The lowest BCUT2D eigenvalue weighted by Gasteiger charge is -2.34. The Balaban J connectivity index is 1.48. The van der Waals surface area contributed by atoms with Gasteiger partial charge in [0.05, 0.1) is 10.2 Å². The van der Waals surface area contributed by atoms with Crippen molar-refractivity contribution < 1.29 is 4.79 Å². The van der Waals surface area contributed by atoms with Gasteiger partial charge in [-0.25, -0.2) is 4.98 Å². The minimum atomic E-state index is 0.0692. The molecule has 0 unspecified atom stereocenters. The van der Waals surface area contributed by atoms with E-state index >= 15 is 0 Å². The lowest BCUT2D eigenvalue weighted by Crippen LogP contribution is -2.49. The van der Waals surface area contributed by atoms with Crippen molar-refractivity contribution in [3.63, 3.8) is 0 Å². The topological polar surface area (TPSA) is 54.3 Å². The number of carbonyl (C=O) groups is 1. The van der Waals surface area contributed by atoms with Crippen LogP contribution in [0.2, 0.25) is 0 Å². The summed E-state index contributed by atoms with van der Waals surface area (Å²) in [6.07, 6.45) is 1.69. The third kappa shape index (κ3) is 2.86. The van der Waals surface area contributed by atoms with Crippen molar-refractivity contribution >= 4 is 32.6 Å². The number of hydrogen-bond acceptors (Lipinski definition) is 5. The highest BCUT2D eigenvalue weighted by Crippen LogP contribution is 2.32. The number of hydrogen-bond donors (Lipinski definition) is 0. The lowest BCUT2D eigenvalue weighted by molar-refractivity contribution is 0.0734. The first-order valence-corrected chi connectivity index (χ1v) is 9.83. The van der Waals surface area contributed by atoms with E-state index in [1.54, 1.807) is 28.3 Å². The standard InChI is InChI=1S/C19H23N5OS/c1-4-24-15(7-8-20-24)18(25)22-9-11-23(12-10-22)19-21-17-14(3)13(2)5-6-16(17)26-19/h5-8H,4,9-12H2,1-3H3. The second-order valence-electron chi connectivity index (χ2n) is 6.66. The first kappa shape index (κ1) is 17.0. The molecule has 0 radical (unpaired) electrons. The smallest absolute Gasteiger partial charge is 0.272 e. The molecule has 4 rings (SSSR count). The first-order chi connectivity index (χ1) is 12.6. The van der Waals surface area contributed by atoms with E-state index in [1.165, 1.54) is 15.8 Å². The molecule has 0 atom stereocenters. The molecule has 136 valence electrons. The Bertz CT molecular complexity index is 952. The Labute approximate surface area is 157 Å². The van der Waals surface area contributed by atoms with Crippen LogP contribution < -0.4 is 4.90 Å². The van der Waals surface area contributed by atoms with Crippen molar-refractivity contribution in [3.05, 3.63) is 41.2 Å². The van der Waals surface area contributed by atoms with Gasteiger partial charge in [-0.3, -0.25) is 9.48 Å². The van der Waals surface area contributed by atoms with Crippen LogP contribution in [0, 0.1) is 13.8 Å². The average molecular weight is 369 g/mol. The van der Waals surface area contributed by atoms with E-state index in [0.717, 1.165) is 23.7 Å². The molecule has 7 heteroatoms. The summed E-state index contributed by atoms with van der Waals surface area (Å²) in [6.45, 7) is 10.0. The van der Waals surface area contributed by atoms with Crippen molar-refractivity contribution in [3.8, 4) is 0 Å². The van der Waals surface area contributed by atoms with E-state index in [1.807, 2.05) is 11.8 Å². The van der Waals surface area contributed by atoms with Gasteiger partial charge in [-0.2, -0.15) is 5.10 Å². The van der Waals surface area contributed by atoms with Crippen LogP contribution >= 0.6 is 11.3 Å². The molecule has 1 aliphatic rings. The lowest BCUT2D eigenvalue weighted by atomic mass is 10.1. The zero-order valence-electron chi connectivity index (χ0n) is 15.4. The normalized spacial score (nSPS) is 15.0. The molecule has 3 aromatic rings.